The summed E-state index contributed by atoms with van der Waals surface area (Å²) < 4.78 is 0. The number of hydrogen-bond donors (Lipinski definition) is 1. The Morgan fingerprint density at radius 3 is 2.26 bits per heavy atom. The summed E-state index contributed by atoms with van der Waals surface area (Å²) in [6.45, 7) is 0.576. The number of amides is 1. The van der Waals surface area contributed by atoms with Crippen molar-refractivity contribution >= 4 is 33.1 Å². The maximum atomic E-state index is 13.8. The second-order valence-corrected chi connectivity index (χ2v) is 10.6. The lowest BCUT2D eigenvalue weighted by Crippen LogP contribution is -2.33. The predicted molar refractivity (Wildman–Crippen MR) is 156 cm³/mol. The first-order chi connectivity index (χ1) is 18.7. The number of benzene rings is 5. The van der Waals surface area contributed by atoms with E-state index in [1.165, 1.54) is 32.7 Å². The van der Waals surface area contributed by atoms with Gasteiger partial charge in [0.25, 0.3) is 5.91 Å². The zero-order chi connectivity index (χ0) is 25.6. The second kappa shape index (κ2) is 9.18. The first-order valence-corrected chi connectivity index (χ1v) is 13.4. The predicted octanol–water partition coefficient (Wildman–Crippen LogP) is 8.09. The highest BCUT2D eigenvalue weighted by molar-refractivity contribution is 6.04. The number of carbonyl (C=O) groups is 1. The third kappa shape index (κ3) is 3.69. The number of carbonyl (C=O) groups excluding carboxylic acids is 1. The Morgan fingerprint density at radius 1 is 0.842 bits per heavy atom. The number of nitrogens with zero attached hydrogens (tertiary/aromatic N) is 1. The fraction of sp³-hybridized carbons (Fsp3) is 0.171. The zero-order valence-corrected chi connectivity index (χ0v) is 21.5. The molecule has 1 N–H and O–H groups in total. The van der Waals surface area contributed by atoms with Gasteiger partial charge in [-0.3, -0.25) is 4.79 Å². The quantitative estimate of drug-likeness (QED) is 0.202. The maximum Gasteiger partial charge on any atom is 0.256 e. The zero-order valence-electron chi connectivity index (χ0n) is 21.5. The Hall–Kier alpha value is -4.37. The number of nitrogens with one attached hydrogen (secondary N) is 1. The van der Waals surface area contributed by atoms with Crippen LogP contribution >= 0.6 is 0 Å². The van der Waals surface area contributed by atoms with Gasteiger partial charge in [0.2, 0.25) is 0 Å². The lowest BCUT2D eigenvalue weighted by atomic mass is 9.74. The fourth-order valence-corrected chi connectivity index (χ4v) is 6.60. The van der Waals surface area contributed by atoms with Gasteiger partial charge in [0.05, 0.1) is 17.3 Å². The molecule has 1 amide bonds. The van der Waals surface area contributed by atoms with Crippen LogP contribution in [-0.2, 0) is 6.54 Å². The summed E-state index contributed by atoms with van der Waals surface area (Å²) in [5.41, 5.74) is 5.41. The number of para-hydroxylation sites is 1. The molecule has 0 radical (unpaired) electrons. The average molecular weight is 495 g/mol. The van der Waals surface area contributed by atoms with Gasteiger partial charge in [-0.15, -0.1) is 0 Å². The molecule has 0 bridgehead atoms. The number of rotatable bonds is 4. The lowest BCUT2D eigenvalue weighted by molar-refractivity contribution is 0.0785. The first kappa shape index (κ1) is 22.8. The molecule has 0 spiro atoms. The van der Waals surface area contributed by atoms with Crippen LogP contribution in [0.15, 0.2) is 115 Å². The van der Waals surface area contributed by atoms with Crippen molar-refractivity contribution in [2.45, 2.75) is 24.9 Å². The van der Waals surface area contributed by atoms with Crippen molar-refractivity contribution in [3.63, 3.8) is 0 Å². The molecular formula is C35H30N2O. The molecule has 2 aliphatic rings. The Labute approximate surface area is 223 Å². The SMILES string of the molecule is CN(Cc1ccccc1)C(=O)c1cccc2c1NC(c1c3ccccc3cc3ccccc13)C1CC=CC21. The van der Waals surface area contributed by atoms with Gasteiger partial charge in [0, 0.05) is 19.5 Å². The first-order valence-electron chi connectivity index (χ1n) is 13.4. The monoisotopic (exact) mass is 494 g/mol. The minimum absolute atomic E-state index is 0.0418. The van der Waals surface area contributed by atoms with Crippen molar-refractivity contribution in [2.24, 2.45) is 5.92 Å². The largest absolute Gasteiger partial charge is 0.377 e. The fourth-order valence-electron chi connectivity index (χ4n) is 6.60. The number of hydrogen-bond acceptors (Lipinski definition) is 2. The maximum absolute atomic E-state index is 13.8. The molecule has 0 aromatic heterocycles. The van der Waals surface area contributed by atoms with Gasteiger partial charge >= 0.3 is 0 Å². The highest BCUT2D eigenvalue weighted by Gasteiger charge is 2.40. The molecule has 3 heteroatoms. The van der Waals surface area contributed by atoms with E-state index in [4.69, 9.17) is 0 Å². The molecule has 5 aromatic carbocycles. The van der Waals surface area contributed by atoms with E-state index in [-0.39, 0.29) is 17.9 Å². The summed E-state index contributed by atoms with van der Waals surface area (Å²) >= 11 is 0. The molecule has 1 aliphatic heterocycles. The molecule has 7 rings (SSSR count). The van der Waals surface area contributed by atoms with Crippen LogP contribution in [0.4, 0.5) is 5.69 Å². The topological polar surface area (TPSA) is 32.3 Å². The molecule has 1 heterocycles. The Bertz CT molecular complexity index is 1650. The van der Waals surface area contributed by atoms with E-state index < -0.39 is 0 Å². The highest BCUT2D eigenvalue weighted by atomic mass is 16.2. The number of anilines is 1. The molecule has 5 aromatic rings. The van der Waals surface area contributed by atoms with E-state index >= 15 is 0 Å². The molecule has 0 saturated heterocycles. The van der Waals surface area contributed by atoms with Gasteiger partial charge in [-0.25, -0.2) is 0 Å². The lowest BCUT2D eigenvalue weighted by Gasteiger charge is -2.39. The molecular weight excluding hydrogens is 464 g/mol. The van der Waals surface area contributed by atoms with E-state index in [1.54, 1.807) is 0 Å². The Balaban J connectivity index is 1.36. The van der Waals surface area contributed by atoms with E-state index in [9.17, 15) is 4.79 Å². The van der Waals surface area contributed by atoms with Crippen molar-refractivity contribution in [3.8, 4) is 0 Å². The minimum atomic E-state index is 0.0418. The van der Waals surface area contributed by atoms with Crippen LogP contribution in [0.3, 0.4) is 0 Å². The van der Waals surface area contributed by atoms with Gasteiger partial charge < -0.3 is 10.2 Å². The average Bonchev–Trinajstić information content (AvgIpc) is 3.46. The summed E-state index contributed by atoms with van der Waals surface area (Å²) in [5, 5.41) is 9.02. The Kier molecular flexibility index (Phi) is 5.51. The van der Waals surface area contributed by atoms with Crippen molar-refractivity contribution in [2.75, 3.05) is 12.4 Å². The third-order valence-corrected chi connectivity index (χ3v) is 8.36. The molecule has 38 heavy (non-hydrogen) atoms. The van der Waals surface area contributed by atoms with Crippen LogP contribution in [0.25, 0.3) is 21.5 Å². The van der Waals surface area contributed by atoms with Crippen LogP contribution < -0.4 is 5.32 Å². The summed E-state index contributed by atoms with van der Waals surface area (Å²) in [6, 6.07) is 36.2. The van der Waals surface area contributed by atoms with Crippen molar-refractivity contribution in [1.29, 1.82) is 0 Å². The van der Waals surface area contributed by atoms with Crippen molar-refractivity contribution in [3.05, 3.63) is 138 Å². The molecule has 0 fully saturated rings. The van der Waals surface area contributed by atoms with E-state index in [0.717, 1.165) is 23.2 Å². The van der Waals surface area contributed by atoms with Crippen LogP contribution in [0.1, 0.15) is 45.4 Å². The van der Waals surface area contributed by atoms with Gasteiger partial charge in [0.15, 0.2) is 0 Å². The summed E-state index contributed by atoms with van der Waals surface area (Å²) in [6.07, 6.45) is 5.69. The summed E-state index contributed by atoms with van der Waals surface area (Å²) in [7, 11) is 1.89. The minimum Gasteiger partial charge on any atom is -0.377 e. The van der Waals surface area contributed by atoms with Crippen LogP contribution in [0.2, 0.25) is 0 Å². The van der Waals surface area contributed by atoms with Crippen molar-refractivity contribution in [1.82, 2.24) is 4.90 Å². The van der Waals surface area contributed by atoms with Gasteiger partial charge in [-0.05, 0) is 62.7 Å². The van der Waals surface area contributed by atoms with Gasteiger partial charge in [-0.1, -0.05) is 103 Å². The number of allylic oxidation sites excluding steroid dienone is 2. The summed E-state index contributed by atoms with van der Waals surface area (Å²) in [5.74, 6) is 0.713. The van der Waals surface area contributed by atoms with Gasteiger partial charge in [0.1, 0.15) is 0 Å². The van der Waals surface area contributed by atoms with E-state index in [0.29, 0.717) is 12.5 Å². The second-order valence-electron chi connectivity index (χ2n) is 10.6. The normalized spacial score (nSPS) is 19.7. The molecule has 186 valence electrons. The standard InChI is InChI=1S/C35H30N2O/c1-37(22-23-11-3-2-4-12-23)35(38)31-20-10-18-29-28-17-9-19-30(28)34(36-33(29)31)32-26-15-7-5-13-24(26)21-25-14-6-8-16-27(25)32/h2-18,20-21,28,30,34,36H,19,22H2,1H3. The van der Waals surface area contributed by atoms with E-state index in [1.807, 2.05) is 42.3 Å². The molecule has 3 unspecified atom stereocenters. The van der Waals surface area contributed by atoms with Crippen molar-refractivity contribution < 1.29 is 4.79 Å². The van der Waals surface area contributed by atoms with Crippen LogP contribution in [0.5, 0.6) is 0 Å². The Morgan fingerprint density at radius 2 is 1.53 bits per heavy atom. The summed E-state index contributed by atoms with van der Waals surface area (Å²) in [4.78, 5) is 15.7. The third-order valence-electron chi connectivity index (χ3n) is 8.36. The molecule has 0 saturated carbocycles. The number of fused-ring (bicyclic) bond motifs is 5. The van der Waals surface area contributed by atoms with E-state index in [2.05, 4.69) is 90.3 Å². The smallest absolute Gasteiger partial charge is 0.256 e. The molecule has 1 aliphatic carbocycles. The van der Waals surface area contributed by atoms with Gasteiger partial charge in [-0.2, -0.15) is 0 Å². The highest BCUT2D eigenvalue weighted by Crippen LogP contribution is 2.52. The van der Waals surface area contributed by atoms with Crippen LogP contribution in [-0.4, -0.2) is 17.9 Å². The molecule has 3 nitrogen and oxygen atoms in total. The van der Waals surface area contributed by atoms with Crippen LogP contribution in [0, 0.1) is 5.92 Å². The molecule has 3 atom stereocenters.